The average molecular weight is 366 g/mol. The monoisotopic (exact) mass is 366 g/mol. The number of carbonyl (C=O) groups excluding carboxylic acids is 2. The lowest BCUT2D eigenvalue weighted by Crippen LogP contribution is -2.46. The molecule has 1 atom stereocenters. The number of carbonyl (C=O) groups is 2. The highest BCUT2D eigenvalue weighted by atomic mass is 16.5. The first-order valence-electron chi connectivity index (χ1n) is 8.61. The highest BCUT2D eigenvalue weighted by molar-refractivity contribution is 5.94. The SMILES string of the molecule is COC(=O)C1=C(C)N(C)C(=O)N[C@@H]1c1cccc(OCc2ccccc2)c1. The first-order chi connectivity index (χ1) is 13.0. The van der Waals surface area contributed by atoms with Gasteiger partial charge in [0.2, 0.25) is 0 Å². The van der Waals surface area contributed by atoms with Gasteiger partial charge in [-0.2, -0.15) is 0 Å². The second-order valence-electron chi connectivity index (χ2n) is 6.28. The Balaban J connectivity index is 1.88. The molecule has 2 amide bonds. The predicted molar refractivity (Wildman–Crippen MR) is 101 cm³/mol. The van der Waals surface area contributed by atoms with Crippen LogP contribution >= 0.6 is 0 Å². The summed E-state index contributed by atoms with van der Waals surface area (Å²) in [6.45, 7) is 2.16. The number of nitrogens with zero attached hydrogens (tertiary/aromatic N) is 1. The van der Waals surface area contributed by atoms with Gasteiger partial charge >= 0.3 is 12.0 Å². The molecule has 0 fully saturated rings. The number of methoxy groups -OCH3 is 1. The van der Waals surface area contributed by atoms with Gasteiger partial charge in [-0.15, -0.1) is 0 Å². The molecular weight excluding hydrogens is 344 g/mol. The number of esters is 1. The Morgan fingerprint density at radius 3 is 2.59 bits per heavy atom. The maximum atomic E-state index is 12.3. The van der Waals surface area contributed by atoms with Gasteiger partial charge in [0, 0.05) is 12.7 Å². The van der Waals surface area contributed by atoms with Gasteiger partial charge in [-0.3, -0.25) is 0 Å². The van der Waals surface area contributed by atoms with Crippen LogP contribution in [0.5, 0.6) is 5.75 Å². The van der Waals surface area contributed by atoms with Crippen LogP contribution in [0.3, 0.4) is 0 Å². The highest BCUT2D eigenvalue weighted by Gasteiger charge is 2.34. The van der Waals surface area contributed by atoms with Crippen LogP contribution in [0.25, 0.3) is 0 Å². The molecule has 0 unspecified atom stereocenters. The summed E-state index contributed by atoms with van der Waals surface area (Å²) < 4.78 is 10.8. The van der Waals surface area contributed by atoms with Crippen LogP contribution in [0, 0.1) is 0 Å². The number of nitrogens with one attached hydrogen (secondary N) is 1. The lowest BCUT2D eigenvalue weighted by Gasteiger charge is -2.33. The molecule has 140 valence electrons. The number of benzene rings is 2. The van der Waals surface area contributed by atoms with Crippen molar-refractivity contribution in [1.82, 2.24) is 10.2 Å². The number of hydrogen-bond acceptors (Lipinski definition) is 4. The molecule has 6 nitrogen and oxygen atoms in total. The standard InChI is InChI=1S/C21H22N2O4/c1-14-18(20(24)26-3)19(22-21(25)23(14)2)16-10-7-11-17(12-16)27-13-15-8-5-4-6-9-15/h4-12,19H,13H2,1-3H3,(H,22,25)/t19-/m1/s1. The van der Waals surface area contributed by atoms with E-state index in [1.165, 1.54) is 12.0 Å². The first-order valence-corrected chi connectivity index (χ1v) is 8.61. The molecule has 27 heavy (non-hydrogen) atoms. The molecule has 2 aromatic rings. The minimum atomic E-state index is -0.596. The summed E-state index contributed by atoms with van der Waals surface area (Å²) in [6, 6.07) is 16.3. The third-order valence-electron chi connectivity index (χ3n) is 4.60. The first kappa shape index (κ1) is 18.5. The number of allylic oxidation sites excluding steroid dienone is 1. The summed E-state index contributed by atoms with van der Waals surface area (Å²) >= 11 is 0. The fraction of sp³-hybridized carbons (Fsp3) is 0.238. The van der Waals surface area contributed by atoms with E-state index in [4.69, 9.17) is 9.47 Å². The fourth-order valence-corrected chi connectivity index (χ4v) is 2.98. The van der Waals surface area contributed by atoms with Gasteiger partial charge in [0.1, 0.15) is 12.4 Å². The van der Waals surface area contributed by atoms with E-state index in [1.54, 1.807) is 14.0 Å². The van der Waals surface area contributed by atoms with Crippen LogP contribution in [-0.4, -0.2) is 31.1 Å². The molecule has 0 aromatic heterocycles. The molecule has 6 heteroatoms. The van der Waals surface area contributed by atoms with Crippen molar-refractivity contribution in [2.24, 2.45) is 0 Å². The Hall–Kier alpha value is -3.28. The van der Waals surface area contributed by atoms with Crippen LogP contribution in [0.4, 0.5) is 4.79 Å². The molecular formula is C21H22N2O4. The van der Waals surface area contributed by atoms with E-state index in [2.05, 4.69) is 5.32 Å². The summed E-state index contributed by atoms with van der Waals surface area (Å²) in [5, 5.41) is 2.85. The zero-order chi connectivity index (χ0) is 19.4. The molecule has 1 aliphatic heterocycles. The van der Waals surface area contributed by atoms with E-state index in [0.717, 1.165) is 11.1 Å². The molecule has 0 aliphatic carbocycles. The molecule has 1 N–H and O–H groups in total. The van der Waals surface area contributed by atoms with Gasteiger partial charge in [-0.05, 0) is 30.2 Å². The predicted octanol–water partition coefficient (Wildman–Crippen LogP) is 3.41. The maximum Gasteiger partial charge on any atom is 0.337 e. The van der Waals surface area contributed by atoms with E-state index in [-0.39, 0.29) is 6.03 Å². The van der Waals surface area contributed by atoms with E-state index in [9.17, 15) is 9.59 Å². The van der Waals surface area contributed by atoms with Crippen molar-refractivity contribution in [2.75, 3.05) is 14.2 Å². The van der Waals surface area contributed by atoms with Gasteiger partial charge in [-0.25, -0.2) is 9.59 Å². The van der Waals surface area contributed by atoms with Gasteiger partial charge in [0.25, 0.3) is 0 Å². The number of urea groups is 1. The van der Waals surface area contributed by atoms with Gasteiger partial charge in [0.15, 0.2) is 0 Å². The molecule has 0 spiro atoms. The summed E-state index contributed by atoms with van der Waals surface area (Å²) in [6.07, 6.45) is 0. The topological polar surface area (TPSA) is 67.9 Å². The van der Waals surface area contributed by atoms with Crippen molar-refractivity contribution < 1.29 is 19.1 Å². The highest BCUT2D eigenvalue weighted by Crippen LogP contribution is 2.32. The van der Waals surface area contributed by atoms with E-state index >= 15 is 0 Å². The van der Waals surface area contributed by atoms with E-state index in [0.29, 0.717) is 23.6 Å². The molecule has 3 rings (SSSR count). The lowest BCUT2D eigenvalue weighted by molar-refractivity contribution is -0.136. The van der Waals surface area contributed by atoms with Crippen LogP contribution < -0.4 is 10.1 Å². The van der Waals surface area contributed by atoms with Crippen molar-refractivity contribution in [3.8, 4) is 5.75 Å². The van der Waals surface area contributed by atoms with Crippen LogP contribution in [-0.2, 0) is 16.1 Å². The maximum absolute atomic E-state index is 12.3. The summed E-state index contributed by atoms with van der Waals surface area (Å²) in [7, 11) is 2.94. The smallest absolute Gasteiger partial charge is 0.337 e. The fourth-order valence-electron chi connectivity index (χ4n) is 2.98. The lowest BCUT2D eigenvalue weighted by atomic mass is 9.95. The van der Waals surface area contributed by atoms with Crippen LogP contribution in [0.15, 0.2) is 65.9 Å². The molecule has 0 bridgehead atoms. The number of rotatable bonds is 5. The molecule has 1 heterocycles. The largest absolute Gasteiger partial charge is 0.489 e. The number of amides is 2. The van der Waals surface area contributed by atoms with Crippen molar-refractivity contribution >= 4 is 12.0 Å². The van der Waals surface area contributed by atoms with Gasteiger partial charge in [-0.1, -0.05) is 42.5 Å². The Bertz CT molecular complexity index is 877. The van der Waals surface area contributed by atoms with Crippen molar-refractivity contribution in [3.05, 3.63) is 77.0 Å². The van der Waals surface area contributed by atoms with Crippen LogP contribution in [0.2, 0.25) is 0 Å². The minimum absolute atomic E-state index is 0.277. The second-order valence-corrected chi connectivity index (χ2v) is 6.28. The number of hydrogen-bond donors (Lipinski definition) is 1. The quantitative estimate of drug-likeness (QED) is 0.824. The normalized spacial score (nSPS) is 16.8. The minimum Gasteiger partial charge on any atom is -0.489 e. The molecule has 0 radical (unpaired) electrons. The van der Waals surface area contributed by atoms with E-state index < -0.39 is 12.0 Å². The van der Waals surface area contributed by atoms with Crippen molar-refractivity contribution in [3.63, 3.8) is 0 Å². The molecule has 0 saturated heterocycles. The van der Waals surface area contributed by atoms with Crippen molar-refractivity contribution in [1.29, 1.82) is 0 Å². The Morgan fingerprint density at radius 1 is 1.15 bits per heavy atom. The summed E-state index contributed by atoms with van der Waals surface area (Å²) in [5.41, 5.74) is 2.77. The second kappa shape index (κ2) is 7.95. The molecule has 0 saturated carbocycles. The van der Waals surface area contributed by atoms with Gasteiger partial charge < -0.3 is 19.7 Å². The molecule has 1 aliphatic rings. The van der Waals surface area contributed by atoms with Gasteiger partial charge in [0.05, 0.1) is 18.7 Å². The van der Waals surface area contributed by atoms with E-state index in [1.807, 2.05) is 54.6 Å². The zero-order valence-corrected chi connectivity index (χ0v) is 15.6. The Morgan fingerprint density at radius 2 is 1.89 bits per heavy atom. The zero-order valence-electron chi connectivity index (χ0n) is 15.6. The Kier molecular flexibility index (Phi) is 5.45. The third kappa shape index (κ3) is 3.95. The summed E-state index contributed by atoms with van der Waals surface area (Å²) in [5.74, 6) is 0.186. The molecule has 2 aromatic carbocycles. The number of ether oxygens (including phenoxy) is 2. The van der Waals surface area contributed by atoms with Crippen LogP contribution in [0.1, 0.15) is 24.1 Å². The van der Waals surface area contributed by atoms with Crippen molar-refractivity contribution in [2.45, 2.75) is 19.6 Å². The Labute approximate surface area is 158 Å². The summed E-state index contributed by atoms with van der Waals surface area (Å²) in [4.78, 5) is 26.0. The average Bonchev–Trinajstić information content (AvgIpc) is 2.70. The third-order valence-corrected chi connectivity index (χ3v) is 4.60.